The number of anilines is 1. The highest BCUT2D eigenvalue weighted by molar-refractivity contribution is 5.98. The van der Waals surface area contributed by atoms with E-state index in [-0.39, 0.29) is 35.9 Å². The number of hydrogen-bond acceptors (Lipinski definition) is 6. The number of halogens is 4. The molecule has 8 nitrogen and oxygen atoms in total. The highest BCUT2D eigenvalue weighted by atomic mass is 19.4. The summed E-state index contributed by atoms with van der Waals surface area (Å²) in [6.07, 6.45) is 1.45. The maximum atomic E-state index is 14.5. The second-order valence-electron chi connectivity index (χ2n) is 8.30. The number of hydrogen-bond donors (Lipinski definition) is 1. The topological polar surface area (TPSA) is 88.8 Å². The van der Waals surface area contributed by atoms with E-state index in [4.69, 9.17) is 0 Å². The van der Waals surface area contributed by atoms with Crippen molar-refractivity contribution in [3.05, 3.63) is 59.4 Å². The fourth-order valence-corrected chi connectivity index (χ4v) is 4.07. The van der Waals surface area contributed by atoms with E-state index >= 15 is 0 Å². The van der Waals surface area contributed by atoms with Gasteiger partial charge in [0.2, 0.25) is 5.95 Å². The molecule has 2 unspecified atom stereocenters. The Labute approximate surface area is 193 Å². The SMILES string of the molecule is Cc1cc(-n2nccn2)c(C(=O)N2CCCC(C)C2CNc2ncc(C(F)(F)F)cn2)cc1F. The van der Waals surface area contributed by atoms with E-state index in [1.165, 1.54) is 29.3 Å². The first-order valence-corrected chi connectivity index (χ1v) is 10.8. The lowest BCUT2D eigenvalue weighted by Crippen LogP contribution is -2.51. The summed E-state index contributed by atoms with van der Waals surface area (Å²) < 4.78 is 52.7. The number of benzene rings is 1. The first kappa shape index (κ1) is 23.6. The van der Waals surface area contributed by atoms with Gasteiger partial charge in [-0.15, -0.1) is 0 Å². The number of alkyl halides is 3. The Balaban J connectivity index is 1.58. The summed E-state index contributed by atoms with van der Waals surface area (Å²) in [6, 6.07) is 2.41. The summed E-state index contributed by atoms with van der Waals surface area (Å²) in [5.74, 6) is -0.780. The van der Waals surface area contributed by atoms with Crippen molar-refractivity contribution in [1.29, 1.82) is 0 Å². The van der Waals surface area contributed by atoms with Crippen molar-refractivity contribution in [1.82, 2.24) is 29.9 Å². The predicted molar refractivity (Wildman–Crippen MR) is 115 cm³/mol. The third-order valence-electron chi connectivity index (χ3n) is 5.97. The van der Waals surface area contributed by atoms with E-state index in [0.29, 0.717) is 30.2 Å². The molecule has 34 heavy (non-hydrogen) atoms. The summed E-state index contributed by atoms with van der Waals surface area (Å²) in [5.41, 5.74) is -0.0929. The molecule has 1 aliphatic heterocycles. The summed E-state index contributed by atoms with van der Waals surface area (Å²) in [7, 11) is 0. The number of nitrogens with zero attached hydrogens (tertiary/aromatic N) is 6. The van der Waals surface area contributed by atoms with Crippen molar-refractivity contribution < 1.29 is 22.4 Å². The smallest absolute Gasteiger partial charge is 0.352 e. The van der Waals surface area contributed by atoms with Crippen LogP contribution in [0, 0.1) is 18.7 Å². The standard InChI is InChI=1S/C22H23F4N7O/c1-13-4-3-7-32(19(13)12-29-21-27-10-15(11-28-21)22(24,25)26)20(34)16-9-17(23)14(2)8-18(16)33-30-5-6-31-33/h5-6,8-11,13,19H,3-4,7,12H2,1-2H3,(H,27,28,29). The lowest BCUT2D eigenvalue weighted by molar-refractivity contribution is -0.138. The number of piperidine rings is 1. The lowest BCUT2D eigenvalue weighted by atomic mass is 9.90. The van der Waals surface area contributed by atoms with Crippen LogP contribution in [0.2, 0.25) is 0 Å². The van der Waals surface area contributed by atoms with Gasteiger partial charge in [-0.25, -0.2) is 14.4 Å². The zero-order valence-corrected chi connectivity index (χ0v) is 18.6. The lowest BCUT2D eigenvalue weighted by Gasteiger charge is -2.40. The molecule has 1 aromatic carbocycles. The molecule has 3 aromatic rings. The normalized spacial score (nSPS) is 18.7. The van der Waals surface area contributed by atoms with Crippen LogP contribution in [0.5, 0.6) is 0 Å². The largest absolute Gasteiger partial charge is 0.419 e. The molecule has 0 radical (unpaired) electrons. The van der Waals surface area contributed by atoms with Crippen molar-refractivity contribution in [2.75, 3.05) is 18.4 Å². The molecule has 3 heterocycles. The predicted octanol–water partition coefficient (Wildman–Crippen LogP) is 3.88. The van der Waals surface area contributed by atoms with Gasteiger partial charge in [-0.2, -0.15) is 28.2 Å². The molecule has 0 aliphatic carbocycles. The van der Waals surface area contributed by atoms with E-state index in [1.54, 1.807) is 11.8 Å². The van der Waals surface area contributed by atoms with Crippen molar-refractivity contribution in [3.63, 3.8) is 0 Å². The Morgan fingerprint density at radius 2 is 1.85 bits per heavy atom. The van der Waals surface area contributed by atoms with Gasteiger partial charge in [-0.1, -0.05) is 6.92 Å². The quantitative estimate of drug-likeness (QED) is 0.562. The Morgan fingerprint density at radius 1 is 1.18 bits per heavy atom. The van der Waals surface area contributed by atoms with Crippen LogP contribution in [-0.2, 0) is 6.18 Å². The molecule has 0 spiro atoms. The van der Waals surface area contributed by atoms with E-state index < -0.39 is 17.6 Å². The number of rotatable bonds is 5. The van der Waals surface area contributed by atoms with Gasteiger partial charge in [0.25, 0.3) is 5.91 Å². The molecule has 1 fully saturated rings. The van der Waals surface area contributed by atoms with Crippen LogP contribution in [0.15, 0.2) is 36.9 Å². The number of aromatic nitrogens is 5. The second-order valence-corrected chi connectivity index (χ2v) is 8.30. The molecule has 0 bridgehead atoms. The Bertz CT molecular complexity index is 1150. The minimum Gasteiger partial charge on any atom is -0.352 e. The third kappa shape index (κ3) is 4.85. The van der Waals surface area contributed by atoms with Gasteiger partial charge in [-0.3, -0.25) is 4.79 Å². The van der Waals surface area contributed by atoms with Crippen molar-refractivity contribution >= 4 is 11.9 Å². The molecule has 1 aliphatic rings. The van der Waals surface area contributed by atoms with Crippen molar-refractivity contribution in [2.45, 2.75) is 38.9 Å². The van der Waals surface area contributed by atoms with E-state index in [1.807, 2.05) is 6.92 Å². The van der Waals surface area contributed by atoms with Crippen LogP contribution >= 0.6 is 0 Å². The molecule has 0 saturated carbocycles. The Kier molecular flexibility index (Phi) is 6.49. The van der Waals surface area contributed by atoms with Crippen LogP contribution in [0.1, 0.15) is 41.3 Å². The van der Waals surface area contributed by atoms with Crippen molar-refractivity contribution in [3.8, 4) is 5.69 Å². The van der Waals surface area contributed by atoms with Crippen LogP contribution in [-0.4, -0.2) is 54.9 Å². The molecule has 4 rings (SSSR count). The fraction of sp³-hybridized carbons (Fsp3) is 0.409. The third-order valence-corrected chi connectivity index (χ3v) is 5.97. The van der Waals surface area contributed by atoms with Crippen LogP contribution in [0.3, 0.4) is 0 Å². The van der Waals surface area contributed by atoms with Crippen LogP contribution in [0.4, 0.5) is 23.5 Å². The maximum absolute atomic E-state index is 14.5. The molecule has 180 valence electrons. The first-order valence-electron chi connectivity index (χ1n) is 10.8. The van der Waals surface area contributed by atoms with Gasteiger partial charge in [-0.05, 0) is 43.4 Å². The molecule has 2 aromatic heterocycles. The molecular weight excluding hydrogens is 454 g/mol. The van der Waals surface area contributed by atoms with Crippen LogP contribution < -0.4 is 5.32 Å². The number of nitrogens with one attached hydrogen (secondary N) is 1. The maximum Gasteiger partial charge on any atom is 0.419 e. The highest BCUT2D eigenvalue weighted by Crippen LogP contribution is 2.29. The van der Waals surface area contributed by atoms with Gasteiger partial charge in [0, 0.05) is 25.5 Å². The monoisotopic (exact) mass is 477 g/mol. The molecule has 2 atom stereocenters. The molecule has 1 saturated heterocycles. The van der Waals surface area contributed by atoms with Crippen LogP contribution in [0.25, 0.3) is 5.69 Å². The van der Waals surface area contributed by atoms with Gasteiger partial charge in [0.05, 0.1) is 35.2 Å². The zero-order valence-electron chi connectivity index (χ0n) is 18.6. The average Bonchev–Trinajstić information content (AvgIpc) is 3.34. The highest BCUT2D eigenvalue weighted by Gasteiger charge is 2.34. The summed E-state index contributed by atoms with van der Waals surface area (Å²) >= 11 is 0. The van der Waals surface area contributed by atoms with Gasteiger partial charge in [0.15, 0.2) is 0 Å². The van der Waals surface area contributed by atoms with E-state index in [9.17, 15) is 22.4 Å². The molecular formula is C22H23F4N7O. The van der Waals surface area contributed by atoms with E-state index in [0.717, 1.165) is 12.8 Å². The zero-order chi connectivity index (χ0) is 24.5. The molecule has 12 heteroatoms. The average molecular weight is 477 g/mol. The first-order chi connectivity index (χ1) is 16.1. The minimum absolute atomic E-state index is 0.0287. The molecule has 1 N–H and O–H groups in total. The Hall–Kier alpha value is -3.57. The van der Waals surface area contributed by atoms with Gasteiger partial charge < -0.3 is 10.2 Å². The summed E-state index contributed by atoms with van der Waals surface area (Å²) in [5, 5.41) is 11.1. The number of carbonyl (C=O) groups excluding carboxylic acids is 1. The summed E-state index contributed by atoms with van der Waals surface area (Å²) in [6.45, 7) is 4.26. The number of aryl methyl sites for hydroxylation is 1. The Morgan fingerprint density at radius 3 is 2.50 bits per heavy atom. The minimum atomic E-state index is -4.52. The second kappa shape index (κ2) is 9.35. The van der Waals surface area contributed by atoms with Crippen molar-refractivity contribution in [2.24, 2.45) is 5.92 Å². The van der Waals surface area contributed by atoms with Gasteiger partial charge >= 0.3 is 6.18 Å². The fourth-order valence-electron chi connectivity index (χ4n) is 4.07. The van der Waals surface area contributed by atoms with E-state index in [2.05, 4.69) is 25.5 Å². The number of amides is 1. The molecule has 1 amide bonds. The number of carbonyl (C=O) groups is 1. The number of likely N-dealkylation sites (tertiary alicyclic amines) is 1. The summed E-state index contributed by atoms with van der Waals surface area (Å²) in [4.78, 5) is 24.0. The van der Waals surface area contributed by atoms with Gasteiger partial charge in [0.1, 0.15) is 5.82 Å².